The van der Waals surface area contributed by atoms with Crippen LogP contribution in [0.5, 0.6) is 0 Å². The second-order valence-electron chi connectivity index (χ2n) is 3.42. The van der Waals surface area contributed by atoms with Gasteiger partial charge in [-0.1, -0.05) is 36.4 Å². The van der Waals surface area contributed by atoms with Gasteiger partial charge in [0.2, 0.25) is 0 Å². The molecule has 3 nitrogen and oxygen atoms in total. The minimum Gasteiger partial charge on any atom is -0.288 e. The van der Waals surface area contributed by atoms with Crippen molar-refractivity contribution in [2.75, 3.05) is 0 Å². The van der Waals surface area contributed by atoms with Crippen LogP contribution in [0.25, 0.3) is 0 Å². The first-order chi connectivity index (χ1) is 7.83. The summed E-state index contributed by atoms with van der Waals surface area (Å²) in [7, 11) is 0. The molecular weight excluding hydrogens is 200 g/mol. The van der Waals surface area contributed by atoms with E-state index in [-0.39, 0.29) is 11.6 Å². The van der Waals surface area contributed by atoms with E-state index in [1.54, 1.807) is 10.6 Å². The average molecular weight is 212 g/mol. The Hall–Kier alpha value is -2.16. The van der Waals surface area contributed by atoms with Gasteiger partial charge in [0.05, 0.1) is 12.4 Å². The second-order valence-corrected chi connectivity index (χ2v) is 3.42. The van der Waals surface area contributed by atoms with Crippen LogP contribution in [-0.4, -0.2) is 9.55 Å². The summed E-state index contributed by atoms with van der Waals surface area (Å²) in [6.07, 6.45) is 4.75. The molecule has 3 heteroatoms. The lowest BCUT2D eigenvalue weighted by Gasteiger charge is -2.15. The van der Waals surface area contributed by atoms with E-state index in [4.69, 9.17) is 0 Å². The second kappa shape index (κ2) is 4.57. The maximum atomic E-state index is 11.7. The number of aromatic nitrogens is 2. The van der Waals surface area contributed by atoms with Gasteiger partial charge in [-0.05, 0) is 5.56 Å². The highest BCUT2D eigenvalue weighted by Gasteiger charge is 2.09. The first-order valence-electron chi connectivity index (χ1n) is 5.02. The summed E-state index contributed by atoms with van der Waals surface area (Å²) >= 11 is 0. The predicted octanol–water partition coefficient (Wildman–Crippen LogP) is 2.02. The molecule has 0 spiro atoms. The zero-order valence-electron chi connectivity index (χ0n) is 8.78. The molecule has 2 rings (SSSR count). The molecule has 0 saturated heterocycles. The third-order valence-corrected chi connectivity index (χ3v) is 2.41. The molecule has 0 aliphatic rings. The molecule has 1 aromatic heterocycles. The molecule has 1 aromatic carbocycles. The summed E-state index contributed by atoms with van der Waals surface area (Å²) in [5.74, 6) is 0. The average Bonchev–Trinajstić information content (AvgIpc) is 2.34. The Labute approximate surface area is 93.7 Å². The van der Waals surface area contributed by atoms with Crippen LogP contribution in [0.3, 0.4) is 0 Å². The summed E-state index contributed by atoms with van der Waals surface area (Å²) in [5, 5.41) is 0. The lowest BCUT2D eigenvalue weighted by atomic mass is 10.1. The summed E-state index contributed by atoms with van der Waals surface area (Å²) < 4.78 is 1.56. The van der Waals surface area contributed by atoms with Gasteiger partial charge in [-0.3, -0.25) is 9.36 Å². The molecule has 1 atom stereocenters. The van der Waals surface area contributed by atoms with Crippen LogP contribution in [0.2, 0.25) is 0 Å². The Kier molecular flexibility index (Phi) is 2.96. The van der Waals surface area contributed by atoms with Gasteiger partial charge >= 0.3 is 0 Å². The van der Waals surface area contributed by atoms with Gasteiger partial charge in [-0.25, -0.2) is 4.98 Å². The molecular formula is C13H12N2O. The Bertz CT molecular complexity index is 531. The molecule has 2 aromatic rings. The predicted molar refractivity (Wildman–Crippen MR) is 63.3 cm³/mol. The topological polar surface area (TPSA) is 34.9 Å². The summed E-state index contributed by atoms with van der Waals surface area (Å²) in [4.78, 5) is 15.6. The Balaban J connectivity index is 2.50. The van der Waals surface area contributed by atoms with Gasteiger partial charge in [-0.15, -0.1) is 6.58 Å². The van der Waals surface area contributed by atoms with Crippen molar-refractivity contribution < 1.29 is 0 Å². The number of benzene rings is 1. The van der Waals surface area contributed by atoms with Crippen molar-refractivity contribution in [2.45, 2.75) is 6.04 Å². The van der Waals surface area contributed by atoms with Gasteiger partial charge in [-0.2, -0.15) is 0 Å². The monoisotopic (exact) mass is 212 g/mol. The fourth-order valence-corrected chi connectivity index (χ4v) is 1.63. The SMILES string of the molecule is C=C[C@@H](c1ccccc1)n1cnccc1=O. The van der Waals surface area contributed by atoms with Crippen molar-refractivity contribution in [3.05, 3.63) is 77.5 Å². The Morgan fingerprint density at radius 2 is 2.00 bits per heavy atom. The van der Waals surface area contributed by atoms with Crippen LogP contribution in [0, 0.1) is 0 Å². The lowest BCUT2D eigenvalue weighted by Crippen LogP contribution is -2.23. The third-order valence-electron chi connectivity index (χ3n) is 2.41. The van der Waals surface area contributed by atoms with Crippen LogP contribution >= 0.6 is 0 Å². The van der Waals surface area contributed by atoms with E-state index < -0.39 is 0 Å². The molecule has 1 heterocycles. The van der Waals surface area contributed by atoms with Gasteiger partial charge < -0.3 is 0 Å². The molecule has 16 heavy (non-hydrogen) atoms. The maximum absolute atomic E-state index is 11.7. The van der Waals surface area contributed by atoms with E-state index in [0.29, 0.717) is 0 Å². The number of hydrogen-bond donors (Lipinski definition) is 0. The molecule has 0 bridgehead atoms. The summed E-state index contributed by atoms with van der Waals surface area (Å²) in [6, 6.07) is 11.0. The van der Waals surface area contributed by atoms with Gasteiger partial charge in [0.25, 0.3) is 5.56 Å². The van der Waals surface area contributed by atoms with E-state index in [0.717, 1.165) is 5.56 Å². The van der Waals surface area contributed by atoms with Gasteiger partial charge in [0, 0.05) is 12.3 Å². The number of nitrogens with zero attached hydrogens (tertiary/aromatic N) is 2. The number of allylic oxidation sites excluding steroid dienone is 1. The van der Waals surface area contributed by atoms with Crippen molar-refractivity contribution in [3.8, 4) is 0 Å². The standard InChI is InChI=1S/C13H12N2O/c1-2-12(11-6-4-3-5-7-11)15-10-14-9-8-13(15)16/h2-10,12H,1H2/t12-/m0/s1. The van der Waals surface area contributed by atoms with Gasteiger partial charge in [0.1, 0.15) is 0 Å². The highest BCUT2D eigenvalue weighted by molar-refractivity contribution is 5.23. The van der Waals surface area contributed by atoms with E-state index in [1.807, 2.05) is 30.3 Å². The third kappa shape index (κ3) is 1.93. The van der Waals surface area contributed by atoms with Crippen molar-refractivity contribution in [2.24, 2.45) is 0 Å². The van der Waals surface area contributed by atoms with Crippen LogP contribution in [0.4, 0.5) is 0 Å². The first kappa shape index (κ1) is 10.4. The quantitative estimate of drug-likeness (QED) is 0.729. The van der Waals surface area contributed by atoms with E-state index in [2.05, 4.69) is 11.6 Å². The van der Waals surface area contributed by atoms with Crippen molar-refractivity contribution in [3.63, 3.8) is 0 Å². The minimum atomic E-state index is -0.164. The van der Waals surface area contributed by atoms with E-state index in [1.165, 1.54) is 18.6 Å². The minimum absolute atomic E-state index is 0.0799. The van der Waals surface area contributed by atoms with Crippen LogP contribution < -0.4 is 5.56 Å². The first-order valence-corrected chi connectivity index (χ1v) is 5.02. The Morgan fingerprint density at radius 1 is 1.25 bits per heavy atom. The van der Waals surface area contributed by atoms with E-state index >= 15 is 0 Å². The maximum Gasteiger partial charge on any atom is 0.254 e. The smallest absolute Gasteiger partial charge is 0.254 e. The molecule has 0 saturated carbocycles. The van der Waals surface area contributed by atoms with Gasteiger partial charge in [0.15, 0.2) is 0 Å². The molecule has 0 unspecified atom stereocenters. The molecule has 0 aliphatic carbocycles. The van der Waals surface area contributed by atoms with Crippen LogP contribution in [-0.2, 0) is 0 Å². The molecule has 0 N–H and O–H groups in total. The van der Waals surface area contributed by atoms with E-state index in [9.17, 15) is 4.79 Å². The molecule has 80 valence electrons. The van der Waals surface area contributed by atoms with Crippen molar-refractivity contribution >= 4 is 0 Å². The highest BCUT2D eigenvalue weighted by Crippen LogP contribution is 2.16. The highest BCUT2D eigenvalue weighted by atomic mass is 16.1. The van der Waals surface area contributed by atoms with Crippen molar-refractivity contribution in [1.82, 2.24) is 9.55 Å². The number of rotatable bonds is 3. The molecule has 0 amide bonds. The number of hydrogen-bond acceptors (Lipinski definition) is 2. The van der Waals surface area contributed by atoms with Crippen LogP contribution in [0.15, 0.2) is 66.4 Å². The fourth-order valence-electron chi connectivity index (χ4n) is 1.63. The normalized spacial score (nSPS) is 12.0. The molecule has 0 fully saturated rings. The summed E-state index contributed by atoms with van der Waals surface area (Å²) in [5.41, 5.74) is 0.941. The zero-order chi connectivity index (χ0) is 11.4. The molecule has 0 radical (unpaired) electrons. The summed E-state index contributed by atoms with van der Waals surface area (Å²) in [6.45, 7) is 3.77. The Morgan fingerprint density at radius 3 is 2.62 bits per heavy atom. The fraction of sp³-hybridized carbons (Fsp3) is 0.0769. The van der Waals surface area contributed by atoms with Crippen LogP contribution in [0.1, 0.15) is 11.6 Å². The largest absolute Gasteiger partial charge is 0.288 e. The van der Waals surface area contributed by atoms with Crippen molar-refractivity contribution in [1.29, 1.82) is 0 Å². The molecule has 0 aliphatic heterocycles. The zero-order valence-corrected chi connectivity index (χ0v) is 8.78. The lowest BCUT2D eigenvalue weighted by molar-refractivity contribution is 0.655.